The SMILES string of the molecule is CC(C)N(C(=O)N1CCC(C(C)C)(C(C)C)CC1)C(C)C. The number of piperidine rings is 1. The second-order valence-electron chi connectivity index (χ2n) is 7.91. The molecule has 0 aliphatic carbocycles. The number of rotatable bonds is 4. The van der Waals surface area contributed by atoms with Crippen molar-refractivity contribution in [2.24, 2.45) is 17.3 Å². The van der Waals surface area contributed by atoms with E-state index in [2.05, 4.69) is 60.3 Å². The summed E-state index contributed by atoms with van der Waals surface area (Å²) in [5, 5.41) is 0. The molecule has 1 heterocycles. The standard InChI is InChI=1S/C18H36N2O/c1-13(2)18(14(3)4)9-11-19(12-10-18)17(21)20(15(5)6)16(7)8/h13-16H,9-12H2,1-8H3. The minimum atomic E-state index is 0.223. The van der Waals surface area contributed by atoms with Crippen LogP contribution in [0.4, 0.5) is 4.79 Å². The number of nitrogens with zero attached hydrogens (tertiary/aromatic N) is 2. The van der Waals surface area contributed by atoms with Crippen LogP contribution < -0.4 is 0 Å². The minimum Gasteiger partial charge on any atom is -0.325 e. The van der Waals surface area contributed by atoms with Gasteiger partial charge in [0.2, 0.25) is 0 Å². The van der Waals surface area contributed by atoms with Crippen molar-refractivity contribution in [2.45, 2.75) is 80.3 Å². The summed E-state index contributed by atoms with van der Waals surface area (Å²) in [5.74, 6) is 1.36. The van der Waals surface area contributed by atoms with Gasteiger partial charge in [-0.3, -0.25) is 0 Å². The van der Waals surface area contributed by atoms with Crippen molar-refractivity contribution >= 4 is 6.03 Å². The summed E-state index contributed by atoms with van der Waals surface area (Å²) in [5.41, 5.74) is 0.400. The monoisotopic (exact) mass is 296 g/mol. The normalized spacial score (nSPS) is 19.0. The van der Waals surface area contributed by atoms with E-state index in [1.165, 1.54) is 0 Å². The molecule has 0 aromatic carbocycles. The maximum absolute atomic E-state index is 12.8. The van der Waals surface area contributed by atoms with E-state index in [4.69, 9.17) is 0 Å². The van der Waals surface area contributed by atoms with Gasteiger partial charge in [-0.2, -0.15) is 0 Å². The molecule has 1 aliphatic rings. The predicted octanol–water partition coefficient (Wildman–Crippen LogP) is 4.62. The van der Waals surface area contributed by atoms with Gasteiger partial charge in [0.1, 0.15) is 0 Å². The van der Waals surface area contributed by atoms with Crippen LogP contribution in [0.1, 0.15) is 68.2 Å². The van der Waals surface area contributed by atoms with Crippen LogP contribution in [0.2, 0.25) is 0 Å². The molecule has 124 valence electrons. The van der Waals surface area contributed by atoms with Gasteiger partial charge in [-0.25, -0.2) is 4.79 Å². The zero-order valence-electron chi connectivity index (χ0n) is 15.4. The zero-order valence-corrected chi connectivity index (χ0v) is 15.4. The predicted molar refractivity (Wildman–Crippen MR) is 90.4 cm³/mol. The summed E-state index contributed by atoms with van der Waals surface area (Å²) in [7, 11) is 0. The highest BCUT2D eigenvalue weighted by atomic mass is 16.2. The van der Waals surface area contributed by atoms with E-state index >= 15 is 0 Å². The van der Waals surface area contributed by atoms with Crippen LogP contribution in [-0.4, -0.2) is 41.0 Å². The molecule has 0 radical (unpaired) electrons. The van der Waals surface area contributed by atoms with E-state index in [9.17, 15) is 4.79 Å². The van der Waals surface area contributed by atoms with E-state index < -0.39 is 0 Å². The molecule has 21 heavy (non-hydrogen) atoms. The molecular weight excluding hydrogens is 260 g/mol. The van der Waals surface area contributed by atoms with Crippen molar-refractivity contribution in [3.63, 3.8) is 0 Å². The Morgan fingerprint density at radius 1 is 0.857 bits per heavy atom. The Kier molecular flexibility index (Phi) is 6.12. The summed E-state index contributed by atoms with van der Waals surface area (Å²) in [6.07, 6.45) is 2.27. The van der Waals surface area contributed by atoms with E-state index in [0.29, 0.717) is 17.3 Å². The van der Waals surface area contributed by atoms with Crippen molar-refractivity contribution in [1.29, 1.82) is 0 Å². The number of hydrogen-bond donors (Lipinski definition) is 0. The van der Waals surface area contributed by atoms with Crippen molar-refractivity contribution in [1.82, 2.24) is 9.80 Å². The van der Waals surface area contributed by atoms with Gasteiger partial charge in [-0.15, -0.1) is 0 Å². The van der Waals surface area contributed by atoms with Crippen LogP contribution in [0.15, 0.2) is 0 Å². The van der Waals surface area contributed by atoms with Crippen molar-refractivity contribution < 1.29 is 4.79 Å². The van der Waals surface area contributed by atoms with Crippen LogP contribution in [0.25, 0.3) is 0 Å². The molecule has 2 amide bonds. The maximum atomic E-state index is 12.8. The molecule has 3 nitrogen and oxygen atoms in total. The number of carbonyl (C=O) groups is 1. The molecule has 0 aromatic rings. The van der Waals surface area contributed by atoms with Crippen molar-refractivity contribution in [3.8, 4) is 0 Å². The van der Waals surface area contributed by atoms with Gasteiger partial charge in [0.25, 0.3) is 0 Å². The fourth-order valence-electron chi connectivity index (χ4n) is 4.14. The smallest absolute Gasteiger partial charge is 0.320 e. The van der Waals surface area contributed by atoms with Crippen molar-refractivity contribution in [3.05, 3.63) is 0 Å². The highest BCUT2D eigenvalue weighted by molar-refractivity contribution is 5.75. The number of hydrogen-bond acceptors (Lipinski definition) is 1. The third kappa shape index (κ3) is 3.73. The fourth-order valence-corrected chi connectivity index (χ4v) is 4.14. The van der Waals surface area contributed by atoms with Gasteiger partial charge in [0, 0.05) is 25.2 Å². The summed E-state index contributed by atoms with van der Waals surface area (Å²) < 4.78 is 0. The minimum absolute atomic E-state index is 0.223. The number of urea groups is 1. The van der Waals surface area contributed by atoms with Crippen LogP contribution in [0.3, 0.4) is 0 Å². The van der Waals surface area contributed by atoms with E-state index in [1.54, 1.807) is 0 Å². The zero-order chi connectivity index (χ0) is 16.4. The van der Waals surface area contributed by atoms with Crippen LogP contribution in [0, 0.1) is 17.3 Å². The summed E-state index contributed by atoms with van der Waals surface area (Å²) >= 11 is 0. The highest BCUT2D eigenvalue weighted by Crippen LogP contribution is 2.45. The molecule has 0 N–H and O–H groups in total. The Morgan fingerprint density at radius 3 is 1.52 bits per heavy atom. The lowest BCUT2D eigenvalue weighted by atomic mass is 9.63. The topological polar surface area (TPSA) is 23.6 Å². The fraction of sp³-hybridized carbons (Fsp3) is 0.944. The third-order valence-corrected chi connectivity index (χ3v) is 5.60. The molecule has 0 unspecified atom stereocenters. The van der Waals surface area contributed by atoms with Crippen LogP contribution in [0.5, 0.6) is 0 Å². The summed E-state index contributed by atoms with van der Waals surface area (Å²) in [4.78, 5) is 16.9. The molecule has 0 bridgehead atoms. The van der Waals surface area contributed by atoms with Crippen LogP contribution in [-0.2, 0) is 0 Å². The quantitative estimate of drug-likeness (QED) is 0.742. The molecule has 0 aromatic heterocycles. The highest BCUT2D eigenvalue weighted by Gasteiger charge is 2.41. The first kappa shape index (κ1) is 18.3. The lowest BCUT2D eigenvalue weighted by molar-refractivity contribution is 0.0213. The summed E-state index contributed by atoms with van der Waals surface area (Å²) in [6.45, 7) is 19.6. The lowest BCUT2D eigenvalue weighted by Crippen LogP contribution is -2.54. The number of carbonyl (C=O) groups excluding carboxylic acids is 1. The lowest BCUT2D eigenvalue weighted by Gasteiger charge is -2.49. The van der Waals surface area contributed by atoms with Gasteiger partial charge in [0.05, 0.1) is 0 Å². The molecule has 1 rings (SSSR count). The Labute approximate surface area is 132 Å². The molecular formula is C18H36N2O. The average Bonchev–Trinajstić information content (AvgIpc) is 2.37. The first-order chi connectivity index (χ1) is 9.63. The van der Waals surface area contributed by atoms with Gasteiger partial charge < -0.3 is 9.80 Å². The first-order valence-electron chi connectivity index (χ1n) is 8.70. The molecule has 0 spiro atoms. The second kappa shape index (κ2) is 7.02. The van der Waals surface area contributed by atoms with E-state index in [0.717, 1.165) is 25.9 Å². The van der Waals surface area contributed by atoms with Gasteiger partial charge >= 0.3 is 6.03 Å². The molecule has 0 saturated carbocycles. The second-order valence-corrected chi connectivity index (χ2v) is 7.91. The van der Waals surface area contributed by atoms with E-state index in [-0.39, 0.29) is 18.1 Å². The Hall–Kier alpha value is -0.730. The Morgan fingerprint density at radius 2 is 1.24 bits per heavy atom. The molecule has 1 aliphatic heterocycles. The van der Waals surface area contributed by atoms with Gasteiger partial charge in [-0.1, -0.05) is 27.7 Å². The molecule has 3 heteroatoms. The first-order valence-corrected chi connectivity index (χ1v) is 8.70. The molecule has 1 fully saturated rings. The van der Waals surface area contributed by atoms with Gasteiger partial charge in [0.15, 0.2) is 0 Å². The van der Waals surface area contributed by atoms with Gasteiger partial charge in [-0.05, 0) is 57.8 Å². The largest absolute Gasteiger partial charge is 0.325 e. The van der Waals surface area contributed by atoms with E-state index in [1.807, 2.05) is 4.90 Å². The third-order valence-electron chi connectivity index (χ3n) is 5.60. The molecule has 1 saturated heterocycles. The average molecular weight is 296 g/mol. The summed E-state index contributed by atoms with van der Waals surface area (Å²) in [6, 6.07) is 0.750. The maximum Gasteiger partial charge on any atom is 0.320 e. The number of likely N-dealkylation sites (tertiary alicyclic amines) is 1. The van der Waals surface area contributed by atoms with Crippen molar-refractivity contribution in [2.75, 3.05) is 13.1 Å². The Balaban J connectivity index is 2.78. The van der Waals surface area contributed by atoms with Crippen LogP contribution >= 0.6 is 0 Å². The molecule has 0 atom stereocenters. The Bertz CT molecular complexity index is 321. The number of amides is 2.